The average molecular weight is 367 g/mol. The second-order valence-electron chi connectivity index (χ2n) is 7.48. The Kier molecular flexibility index (Phi) is 6.63. The van der Waals surface area contributed by atoms with E-state index in [9.17, 15) is 13.2 Å². The summed E-state index contributed by atoms with van der Waals surface area (Å²) in [5.41, 5.74) is 0.393. The maximum absolute atomic E-state index is 12.8. The largest absolute Gasteiger partial charge is 0.349 e. The molecule has 6 heteroatoms. The van der Waals surface area contributed by atoms with Crippen LogP contribution in [0, 0.1) is 11.8 Å². The minimum absolute atomic E-state index is 0.0508. The molecule has 1 aromatic rings. The van der Waals surface area contributed by atoms with Gasteiger partial charge in [0.05, 0.1) is 4.90 Å². The lowest BCUT2D eigenvalue weighted by Crippen LogP contribution is -2.42. The number of carbonyl (C=O) groups excluding carboxylic acids is 1. The molecule has 2 rings (SSSR count). The number of rotatable bonds is 6. The number of piperidine rings is 1. The lowest BCUT2D eigenvalue weighted by Gasteiger charge is -2.27. The molecular formula is C19H30N2O3S. The first-order valence-electron chi connectivity index (χ1n) is 9.14. The number of carbonyl (C=O) groups is 1. The van der Waals surface area contributed by atoms with Crippen LogP contribution in [0.2, 0.25) is 0 Å². The summed E-state index contributed by atoms with van der Waals surface area (Å²) in [6.45, 7) is 9.40. The Morgan fingerprint density at radius 2 is 1.64 bits per heavy atom. The van der Waals surface area contributed by atoms with Crippen molar-refractivity contribution in [3.8, 4) is 0 Å². The van der Waals surface area contributed by atoms with E-state index in [1.807, 2.05) is 0 Å². The third-order valence-electron chi connectivity index (χ3n) is 4.78. The van der Waals surface area contributed by atoms with Gasteiger partial charge in [0.15, 0.2) is 0 Å². The molecule has 1 saturated heterocycles. The number of hydrogen-bond donors (Lipinski definition) is 1. The van der Waals surface area contributed by atoms with E-state index in [1.54, 1.807) is 18.2 Å². The summed E-state index contributed by atoms with van der Waals surface area (Å²) in [5, 5.41) is 3.04. The van der Waals surface area contributed by atoms with Gasteiger partial charge in [-0.15, -0.1) is 0 Å². The second-order valence-corrected chi connectivity index (χ2v) is 9.42. The number of sulfonamides is 1. The second kappa shape index (κ2) is 8.32. The van der Waals surface area contributed by atoms with Gasteiger partial charge in [0.1, 0.15) is 0 Å². The van der Waals surface area contributed by atoms with Gasteiger partial charge in [-0.3, -0.25) is 4.79 Å². The van der Waals surface area contributed by atoms with Crippen LogP contribution < -0.4 is 5.32 Å². The molecular weight excluding hydrogens is 336 g/mol. The summed E-state index contributed by atoms with van der Waals surface area (Å²) in [6, 6.07) is 6.43. The molecule has 0 spiro atoms. The lowest BCUT2D eigenvalue weighted by atomic mass is 9.93. The molecule has 25 heavy (non-hydrogen) atoms. The maximum atomic E-state index is 12.8. The molecule has 0 bridgehead atoms. The van der Waals surface area contributed by atoms with Gasteiger partial charge >= 0.3 is 0 Å². The van der Waals surface area contributed by atoms with Crippen LogP contribution in [0.3, 0.4) is 0 Å². The molecule has 140 valence electrons. The van der Waals surface area contributed by atoms with Crippen molar-refractivity contribution in [2.75, 3.05) is 13.1 Å². The minimum Gasteiger partial charge on any atom is -0.349 e. The van der Waals surface area contributed by atoms with Crippen LogP contribution in [0.4, 0.5) is 0 Å². The van der Waals surface area contributed by atoms with Crippen molar-refractivity contribution < 1.29 is 13.2 Å². The first-order valence-corrected chi connectivity index (χ1v) is 10.6. The molecule has 1 aliphatic rings. The average Bonchev–Trinajstić information content (AvgIpc) is 2.59. The van der Waals surface area contributed by atoms with E-state index in [0.29, 0.717) is 30.5 Å². The van der Waals surface area contributed by atoms with Crippen LogP contribution in [0.25, 0.3) is 0 Å². The Bertz CT molecular complexity index is 684. The van der Waals surface area contributed by atoms with Gasteiger partial charge in [-0.05, 0) is 42.9 Å². The molecule has 1 fully saturated rings. The smallest absolute Gasteiger partial charge is 0.251 e. The van der Waals surface area contributed by atoms with E-state index in [-0.39, 0.29) is 16.8 Å². The highest BCUT2D eigenvalue weighted by atomic mass is 32.2. The Morgan fingerprint density at radius 3 is 2.20 bits per heavy atom. The van der Waals surface area contributed by atoms with Crippen molar-refractivity contribution in [3.63, 3.8) is 0 Å². The van der Waals surface area contributed by atoms with Crippen LogP contribution >= 0.6 is 0 Å². The Morgan fingerprint density at radius 1 is 1.04 bits per heavy atom. The van der Waals surface area contributed by atoms with Crippen molar-refractivity contribution in [2.45, 2.75) is 57.9 Å². The zero-order valence-corrected chi connectivity index (χ0v) is 16.5. The summed E-state index contributed by atoms with van der Waals surface area (Å²) in [5.74, 6) is 0.400. The predicted octanol–water partition coefficient (Wildman–Crippen LogP) is 3.27. The minimum atomic E-state index is -3.53. The molecule has 0 aromatic heterocycles. The first kappa shape index (κ1) is 19.9. The zero-order chi connectivity index (χ0) is 18.6. The maximum Gasteiger partial charge on any atom is 0.251 e. The van der Waals surface area contributed by atoms with Gasteiger partial charge in [0.2, 0.25) is 10.0 Å². The molecule has 0 atom stereocenters. The van der Waals surface area contributed by atoms with Crippen molar-refractivity contribution in [1.82, 2.24) is 9.62 Å². The highest BCUT2D eigenvalue weighted by Crippen LogP contribution is 2.21. The highest BCUT2D eigenvalue weighted by Gasteiger charge is 2.27. The third kappa shape index (κ3) is 4.82. The normalized spacial score (nSPS) is 16.6. The molecule has 1 N–H and O–H groups in total. The fourth-order valence-corrected chi connectivity index (χ4v) is 4.95. The summed E-state index contributed by atoms with van der Waals surface area (Å²) < 4.78 is 27.1. The Labute approximate surface area is 151 Å². The molecule has 0 saturated carbocycles. The van der Waals surface area contributed by atoms with E-state index >= 15 is 0 Å². The number of hydrogen-bond acceptors (Lipinski definition) is 3. The van der Waals surface area contributed by atoms with Gasteiger partial charge in [-0.2, -0.15) is 4.31 Å². The Balaban J connectivity index is 2.21. The summed E-state index contributed by atoms with van der Waals surface area (Å²) in [7, 11) is -3.53. The fourth-order valence-electron chi connectivity index (χ4n) is 3.39. The van der Waals surface area contributed by atoms with Gasteiger partial charge < -0.3 is 5.32 Å². The molecule has 1 heterocycles. The van der Waals surface area contributed by atoms with Crippen LogP contribution in [0.1, 0.15) is 57.3 Å². The monoisotopic (exact) mass is 366 g/mol. The molecule has 0 unspecified atom stereocenters. The van der Waals surface area contributed by atoms with Crippen LogP contribution in [-0.4, -0.2) is 37.8 Å². The molecule has 0 radical (unpaired) electrons. The summed E-state index contributed by atoms with van der Waals surface area (Å²) >= 11 is 0. The summed E-state index contributed by atoms with van der Waals surface area (Å²) in [4.78, 5) is 12.8. The number of nitrogens with zero attached hydrogens (tertiary/aromatic N) is 1. The van der Waals surface area contributed by atoms with Gasteiger partial charge in [-0.25, -0.2) is 8.42 Å². The number of nitrogens with one attached hydrogen (secondary N) is 1. The fraction of sp³-hybridized carbons (Fsp3) is 0.632. The van der Waals surface area contributed by atoms with Crippen molar-refractivity contribution in [3.05, 3.63) is 29.8 Å². The highest BCUT2D eigenvalue weighted by molar-refractivity contribution is 7.89. The van der Waals surface area contributed by atoms with E-state index in [1.165, 1.54) is 10.4 Å². The molecule has 1 aliphatic heterocycles. The molecule has 0 aliphatic carbocycles. The standard InChI is InChI=1S/C19H30N2O3S/c1-14(2)18(15(3)4)20-19(22)16-9-8-10-17(13-16)25(23,24)21-11-6-5-7-12-21/h8-10,13-15,18H,5-7,11-12H2,1-4H3,(H,20,22). The topological polar surface area (TPSA) is 66.5 Å². The molecule has 1 amide bonds. The summed E-state index contributed by atoms with van der Waals surface area (Å²) in [6.07, 6.45) is 2.86. The van der Waals surface area contributed by atoms with Crippen LogP contribution in [0.5, 0.6) is 0 Å². The van der Waals surface area contributed by atoms with Gasteiger partial charge in [0.25, 0.3) is 5.91 Å². The lowest BCUT2D eigenvalue weighted by molar-refractivity contribution is 0.0910. The Hall–Kier alpha value is -1.40. The predicted molar refractivity (Wildman–Crippen MR) is 100.0 cm³/mol. The third-order valence-corrected chi connectivity index (χ3v) is 6.68. The molecule has 5 nitrogen and oxygen atoms in total. The SMILES string of the molecule is CC(C)C(NC(=O)c1cccc(S(=O)(=O)N2CCCCC2)c1)C(C)C. The van der Waals surface area contributed by atoms with E-state index in [2.05, 4.69) is 33.0 Å². The van der Waals surface area contributed by atoms with Crippen LogP contribution in [-0.2, 0) is 10.0 Å². The van der Waals surface area contributed by atoms with Crippen LogP contribution in [0.15, 0.2) is 29.2 Å². The van der Waals surface area contributed by atoms with Gasteiger partial charge in [0, 0.05) is 24.7 Å². The number of benzene rings is 1. The van der Waals surface area contributed by atoms with E-state index < -0.39 is 10.0 Å². The van der Waals surface area contributed by atoms with E-state index in [4.69, 9.17) is 0 Å². The zero-order valence-electron chi connectivity index (χ0n) is 15.7. The quantitative estimate of drug-likeness (QED) is 0.840. The number of amides is 1. The first-order chi connectivity index (χ1) is 11.7. The van der Waals surface area contributed by atoms with E-state index in [0.717, 1.165) is 19.3 Å². The van der Waals surface area contributed by atoms with Crippen molar-refractivity contribution >= 4 is 15.9 Å². The molecule has 1 aromatic carbocycles. The van der Waals surface area contributed by atoms with Crippen molar-refractivity contribution in [1.29, 1.82) is 0 Å². The van der Waals surface area contributed by atoms with Gasteiger partial charge in [-0.1, -0.05) is 40.2 Å². The van der Waals surface area contributed by atoms with Crippen molar-refractivity contribution in [2.24, 2.45) is 11.8 Å².